The van der Waals surface area contributed by atoms with Crippen LogP contribution in [0.5, 0.6) is 0 Å². The van der Waals surface area contributed by atoms with E-state index < -0.39 is 0 Å². The third-order valence-electron chi connectivity index (χ3n) is 4.35. The standard InChI is InChI=1S/C23H20N4/c1-17(18-10-4-2-5-11-18)25-22-16-21(20-14-8-9-15-24-20)26-23(27-22)19-12-6-3-7-13-19/h2-17H,1H3,(H,25,26,27). The van der Waals surface area contributed by atoms with Gasteiger partial charge in [-0.25, -0.2) is 9.97 Å². The number of hydrogen-bond acceptors (Lipinski definition) is 4. The topological polar surface area (TPSA) is 50.7 Å². The molecule has 0 saturated heterocycles. The van der Waals surface area contributed by atoms with Crippen LogP contribution in [0.3, 0.4) is 0 Å². The van der Waals surface area contributed by atoms with Crippen LogP contribution < -0.4 is 5.32 Å². The fraction of sp³-hybridized carbons (Fsp3) is 0.0870. The summed E-state index contributed by atoms with van der Waals surface area (Å²) in [7, 11) is 0. The molecular weight excluding hydrogens is 332 g/mol. The Kier molecular flexibility index (Phi) is 4.88. The third-order valence-corrected chi connectivity index (χ3v) is 4.35. The van der Waals surface area contributed by atoms with E-state index in [-0.39, 0.29) is 6.04 Å². The SMILES string of the molecule is CC(Nc1cc(-c2ccccn2)nc(-c2ccccc2)n1)c1ccccc1. The van der Waals surface area contributed by atoms with E-state index in [1.54, 1.807) is 6.20 Å². The van der Waals surface area contributed by atoms with E-state index in [0.717, 1.165) is 22.8 Å². The third kappa shape index (κ3) is 4.01. The molecule has 4 heteroatoms. The van der Waals surface area contributed by atoms with E-state index in [0.29, 0.717) is 5.82 Å². The number of hydrogen-bond donors (Lipinski definition) is 1. The lowest BCUT2D eigenvalue weighted by Crippen LogP contribution is -2.09. The second-order valence-electron chi connectivity index (χ2n) is 6.32. The highest BCUT2D eigenvalue weighted by Gasteiger charge is 2.12. The molecule has 4 aromatic rings. The van der Waals surface area contributed by atoms with Gasteiger partial charge in [0.05, 0.1) is 11.4 Å². The fourth-order valence-corrected chi connectivity index (χ4v) is 2.93. The van der Waals surface area contributed by atoms with Gasteiger partial charge in [-0.15, -0.1) is 0 Å². The minimum absolute atomic E-state index is 0.126. The Morgan fingerprint density at radius 3 is 2.15 bits per heavy atom. The van der Waals surface area contributed by atoms with E-state index in [9.17, 15) is 0 Å². The Labute approximate surface area is 159 Å². The second-order valence-corrected chi connectivity index (χ2v) is 6.32. The van der Waals surface area contributed by atoms with Crippen LogP contribution in [0.15, 0.2) is 91.1 Å². The number of benzene rings is 2. The molecule has 0 fully saturated rings. The Morgan fingerprint density at radius 2 is 1.44 bits per heavy atom. The van der Waals surface area contributed by atoms with Crippen molar-refractivity contribution in [3.8, 4) is 22.8 Å². The molecule has 2 heterocycles. The minimum Gasteiger partial charge on any atom is -0.363 e. The van der Waals surface area contributed by atoms with E-state index in [2.05, 4.69) is 29.4 Å². The number of anilines is 1. The molecule has 0 amide bonds. The van der Waals surface area contributed by atoms with Crippen LogP contribution in [0, 0.1) is 0 Å². The van der Waals surface area contributed by atoms with Crippen LogP contribution in [-0.2, 0) is 0 Å². The van der Waals surface area contributed by atoms with Crippen LogP contribution in [0.1, 0.15) is 18.5 Å². The first kappa shape index (κ1) is 16.9. The van der Waals surface area contributed by atoms with E-state index in [1.165, 1.54) is 5.56 Å². The summed E-state index contributed by atoms with van der Waals surface area (Å²) in [5.74, 6) is 1.46. The van der Waals surface area contributed by atoms with Crippen molar-refractivity contribution in [1.29, 1.82) is 0 Å². The predicted molar refractivity (Wildman–Crippen MR) is 109 cm³/mol. The van der Waals surface area contributed by atoms with Gasteiger partial charge in [0, 0.05) is 23.9 Å². The first-order chi connectivity index (χ1) is 13.3. The molecule has 27 heavy (non-hydrogen) atoms. The molecule has 1 N–H and O–H groups in total. The van der Waals surface area contributed by atoms with Gasteiger partial charge in [-0.1, -0.05) is 66.7 Å². The zero-order chi connectivity index (χ0) is 18.5. The summed E-state index contributed by atoms with van der Waals surface area (Å²) >= 11 is 0. The molecular formula is C23H20N4. The molecule has 1 unspecified atom stereocenters. The highest BCUT2D eigenvalue weighted by molar-refractivity contribution is 5.65. The number of rotatable bonds is 5. The molecule has 2 aromatic carbocycles. The van der Waals surface area contributed by atoms with Crippen LogP contribution >= 0.6 is 0 Å². The van der Waals surface area contributed by atoms with E-state index >= 15 is 0 Å². The average Bonchev–Trinajstić information content (AvgIpc) is 2.75. The summed E-state index contributed by atoms with van der Waals surface area (Å²) in [6.45, 7) is 2.13. The Balaban J connectivity index is 1.74. The number of nitrogens with zero attached hydrogens (tertiary/aromatic N) is 3. The highest BCUT2D eigenvalue weighted by Crippen LogP contribution is 2.25. The summed E-state index contributed by atoms with van der Waals surface area (Å²) in [5.41, 5.74) is 3.81. The molecule has 0 bridgehead atoms. The quantitative estimate of drug-likeness (QED) is 0.524. The Hall–Kier alpha value is -3.53. The predicted octanol–water partition coefficient (Wildman–Crippen LogP) is 5.38. The zero-order valence-corrected chi connectivity index (χ0v) is 15.1. The first-order valence-corrected chi connectivity index (χ1v) is 8.97. The normalized spacial score (nSPS) is 11.7. The molecule has 4 rings (SSSR count). The van der Waals surface area contributed by atoms with Gasteiger partial charge in [-0.05, 0) is 24.6 Å². The molecule has 0 aliphatic carbocycles. The van der Waals surface area contributed by atoms with Gasteiger partial charge in [-0.2, -0.15) is 0 Å². The van der Waals surface area contributed by atoms with Crippen molar-refractivity contribution in [3.05, 3.63) is 96.7 Å². The number of pyridine rings is 1. The van der Waals surface area contributed by atoms with Crippen molar-refractivity contribution in [2.75, 3.05) is 5.32 Å². The maximum atomic E-state index is 4.74. The second kappa shape index (κ2) is 7.79. The summed E-state index contributed by atoms with van der Waals surface area (Å²) in [6, 6.07) is 28.2. The molecule has 0 radical (unpaired) electrons. The van der Waals surface area contributed by atoms with Crippen LogP contribution in [0.25, 0.3) is 22.8 Å². The van der Waals surface area contributed by atoms with Crippen molar-refractivity contribution in [2.45, 2.75) is 13.0 Å². The van der Waals surface area contributed by atoms with Gasteiger partial charge >= 0.3 is 0 Å². The Bertz CT molecular complexity index is 944. The van der Waals surface area contributed by atoms with E-state index in [4.69, 9.17) is 9.97 Å². The average molecular weight is 352 g/mol. The smallest absolute Gasteiger partial charge is 0.162 e. The largest absolute Gasteiger partial charge is 0.363 e. The fourth-order valence-electron chi connectivity index (χ4n) is 2.93. The molecule has 0 aliphatic heterocycles. The maximum Gasteiger partial charge on any atom is 0.162 e. The van der Waals surface area contributed by atoms with Gasteiger partial charge in [-0.3, -0.25) is 4.98 Å². The maximum absolute atomic E-state index is 4.74. The molecule has 1 atom stereocenters. The number of aromatic nitrogens is 3. The lowest BCUT2D eigenvalue weighted by molar-refractivity contribution is 0.873. The molecule has 0 aliphatic rings. The van der Waals surface area contributed by atoms with Crippen molar-refractivity contribution in [3.63, 3.8) is 0 Å². The van der Waals surface area contributed by atoms with Crippen LogP contribution in [0.4, 0.5) is 5.82 Å². The minimum atomic E-state index is 0.126. The lowest BCUT2D eigenvalue weighted by atomic mass is 10.1. The van der Waals surface area contributed by atoms with Gasteiger partial charge in [0.25, 0.3) is 0 Å². The van der Waals surface area contributed by atoms with Crippen molar-refractivity contribution in [1.82, 2.24) is 15.0 Å². The van der Waals surface area contributed by atoms with Gasteiger partial charge < -0.3 is 5.32 Å². The molecule has 0 saturated carbocycles. The Morgan fingerprint density at radius 1 is 0.741 bits per heavy atom. The summed E-state index contributed by atoms with van der Waals surface area (Å²) in [4.78, 5) is 13.9. The van der Waals surface area contributed by atoms with Gasteiger partial charge in [0.1, 0.15) is 5.82 Å². The molecule has 2 aromatic heterocycles. The summed E-state index contributed by atoms with van der Waals surface area (Å²) < 4.78 is 0. The summed E-state index contributed by atoms with van der Waals surface area (Å²) in [5, 5.41) is 3.50. The molecule has 4 nitrogen and oxygen atoms in total. The van der Waals surface area contributed by atoms with Crippen LogP contribution in [0.2, 0.25) is 0 Å². The van der Waals surface area contributed by atoms with Crippen LogP contribution in [-0.4, -0.2) is 15.0 Å². The highest BCUT2D eigenvalue weighted by atomic mass is 15.1. The lowest BCUT2D eigenvalue weighted by Gasteiger charge is -2.16. The van der Waals surface area contributed by atoms with Gasteiger partial charge in [0.2, 0.25) is 0 Å². The van der Waals surface area contributed by atoms with Crippen molar-refractivity contribution in [2.24, 2.45) is 0 Å². The molecule has 0 spiro atoms. The van der Waals surface area contributed by atoms with E-state index in [1.807, 2.05) is 72.8 Å². The summed E-state index contributed by atoms with van der Waals surface area (Å²) in [6.07, 6.45) is 1.78. The molecule has 132 valence electrons. The first-order valence-electron chi connectivity index (χ1n) is 8.97. The van der Waals surface area contributed by atoms with Crippen molar-refractivity contribution >= 4 is 5.82 Å². The monoisotopic (exact) mass is 352 g/mol. The zero-order valence-electron chi connectivity index (χ0n) is 15.1. The number of nitrogens with one attached hydrogen (secondary N) is 1. The van der Waals surface area contributed by atoms with Crippen molar-refractivity contribution < 1.29 is 0 Å². The van der Waals surface area contributed by atoms with Gasteiger partial charge in [0.15, 0.2) is 5.82 Å².